The summed E-state index contributed by atoms with van der Waals surface area (Å²) in [6.07, 6.45) is 0. The summed E-state index contributed by atoms with van der Waals surface area (Å²) in [5, 5.41) is 13.4. The van der Waals surface area contributed by atoms with Crippen LogP contribution in [0.2, 0.25) is 0 Å². The highest BCUT2D eigenvalue weighted by atomic mass is 16.5. The lowest BCUT2D eigenvalue weighted by atomic mass is 10.1. The number of hydrogen-bond acceptors (Lipinski definition) is 4. The standard InChI is InChI=1S/C24H19N3O2/c28-24(17-29-19-11-5-2-6-12-19)25-22-15-16-23(21-14-8-7-13-20(21)22)27-26-18-9-3-1-4-10-18/h1-16H,17H2,(H,25,28). The molecule has 0 unspecified atom stereocenters. The Labute approximate surface area is 168 Å². The number of amides is 1. The molecule has 4 rings (SSSR count). The van der Waals surface area contributed by atoms with Crippen molar-refractivity contribution in [3.8, 4) is 5.75 Å². The van der Waals surface area contributed by atoms with Crippen molar-refractivity contribution in [1.29, 1.82) is 0 Å². The van der Waals surface area contributed by atoms with Gasteiger partial charge in [0.15, 0.2) is 6.61 Å². The van der Waals surface area contributed by atoms with E-state index in [9.17, 15) is 4.79 Å². The van der Waals surface area contributed by atoms with Crippen LogP contribution in [-0.2, 0) is 4.79 Å². The molecule has 4 aromatic rings. The number of rotatable bonds is 6. The van der Waals surface area contributed by atoms with E-state index in [1.807, 2.05) is 97.1 Å². The number of nitrogens with one attached hydrogen (secondary N) is 1. The van der Waals surface area contributed by atoms with Crippen molar-refractivity contribution in [2.75, 3.05) is 11.9 Å². The van der Waals surface area contributed by atoms with Crippen LogP contribution in [0.3, 0.4) is 0 Å². The van der Waals surface area contributed by atoms with Crippen LogP contribution < -0.4 is 10.1 Å². The Bertz CT molecular complexity index is 1140. The summed E-state index contributed by atoms with van der Waals surface area (Å²) in [5.41, 5.74) is 2.23. The first-order chi connectivity index (χ1) is 14.3. The van der Waals surface area contributed by atoms with Gasteiger partial charge in [0.1, 0.15) is 5.75 Å². The molecule has 0 atom stereocenters. The molecular formula is C24H19N3O2. The minimum atomic E-state index is -0.224. The van der Waals surface area contributed by atoms with Crippen molar-refractivity contribution in [2.45, 2.75) is 0 Å². The summed E-state index contributed by atoms with van der Waals surface area (Å²) in [4.78, 5) is 12.3. The summed E-state index contributed by atoms with van der Waals surface area (Å²) >= 11 is 0. The smallest absolute Gasteiger partial charge is 0.262 e. The van der Waals surface area contributed by atoms with E-state index in [1.54, 1.807) is 0 Å². The van der Waals surface area contributed by atoms with Gasteiger partial charge in [0.2, 0.25) is 0 Å². The van der Waals surface area contributed by atoms with Gasteiger partial charge < -0.3 is 10.1 Å². The Morgan fingerprint density at radius 2 is 1.38 bits per heavy atom. The van der Waals surface area contributed by atoms with Crippen LogP contribution in [-0.4, -0.2) is 12.5 Å². The minimum Gasteiger partial charge on any atom is -0.484 e. The number of para-hydroxylation sites is 1. The molecule has 0 aromatic heterocycles. The van der Waals surface area contributed by atoms with Crippen molar-refractivity contribution in [3.05, 3.63) is 97.1 Å². The molecule has 0 heterocycles. The normalized spacial score (nSPS) is 10.9. The van der Waals surface area contributed by atoms with Gasteiger partial charge in [0, 0.05) is 16.5 Å². The van der Waals surface area contributed by atoms with E-state index >= 15 is 0 Å². The van der Waals surface area contributed by atoms with Crippen LogP contribution >= 0.6 is 0 Å². The van der Waals surface area contributed by atoms with Gasteiger partial charge in [-0.25, -0.2) is 0 Å². The highest BCUT2D eigenvalue weighted by Crippen LogP contribution is 2.32. The number of fused-ring (bicyclic) bond motifs is 1. The zero-order valence-electron chi connectivity index (χ0n) is 15.7. The van der Waals surface area contributed by atoms with Crippen molar-refractivity contribution in [3.63, 3.8) is 0 Å². The second-order valence-electron chi connectivity index (χ2n) is 6.36. The van der Waals surface area contributed by atoms with E-state index in [-0.39, 0.29) is 12.5 Å². The third-order valence-electron chi connectivity index (χ3n) is 4.32. The van der Waals surface area contributed by atoms with Gasteiger partial charge >= 0.3 is 0 Å². The molecule has 0 bridgehead atoms. The van der Waals surface area contributed by atoms with Crippen LogP contribution in [0.1, 0.15) is 0 Å². The monoisotopic (exact) mass is 381 g/mol. The topological polar surface area (TPSA) is 63.0 Å². The Morgan fingerprint density at radius 1 is 0.724 bits per heavy atom. The maximum Gasteiger partial charge on any atom is 0.262 e. The number of carbonyl (C=O) groups is 1. The molecule has 29 heavy (non-hydrogen) atoms. The molecule has 142 valence electrons. The van der Waals surface area contributed by atoms with Crippen molar-refractivity contribution in [1.82, 2.24) is 0 Å². The summed E-state index contributed by atoms with van der Waals surface area (Å²) < 4.78 is 5.52. The number of hydrogen-bond donors (Lipinski definition) is 1. The molecule has 5 heteroatoms. The van der Waals surface area contributed by atoms with Crippen LogP contribution in [0.5, 0.6) is 5.75 Å². The maximum atomic E-state index is 12.3. The van der Waals surface area contributed by atoms with E-state index in [2.05, 4.69) is 15.5 Å². The predicted molar refractivity (Wildman–Crippen MR) is 115 cm³/mol. The molecule has 0 saturated heterocycles. The van der Waals surface area contributed by atoms with Crippen molar-refractivity contribution in [2.24, 2.45) is 10.2 Å². The molecular weight excluding hydrogens is 362 g/mol. The van der Waals surface area contributed by atoms with Gasteiger partial charge in [0.05, 0.1) is 11.4 Å². The summed E-state index contributed by atoms with van der Waals surface area (Å²) in [7, 11) is 0. The van der Waals surface area contributed by atoms with Crippen LogP contribution in [0, 0.1) is 0 Å². The molecule has 5 nitrogen and oxygen atoms in total. The fraction of sp³-hybridized carbons (Fsp3) is 0.0417. The summed E-state index contributed by atoms with van der Waals surface area (Å²) in [5.74, 6) is 0.432. The quantitative estimate of drug-likeness (QED) is 0.400. The number of benzene rings is 4. The molecule has 0 radical (unpaired) electrons. The molecule has 1 amide bonds. The molecule has 0 aliphatic carbocycles. The first kappa shape index (κ1) is 18.4. The second kappa shape index (κ2) is 8.80. The van der Waals surface area contributed by atoms with Gasteiger partial charge in [-0.15, -0.1) is 5.11 Å². The second-order valence-corrected chi connectivity index (χ2v) is 6.36. The Hall–Kier alpha value is -3.99. The molecule has 1 N–H and O–H groups in total. The van der Waals surface area contributed by atoms with E-state index in [0.29, 0.717) is 11.4 Å². The Balaban J connectivity index is 1.53. The first-order valence-electron chi connectivity index (χ1n) is 9.26. The molecule has 0 aliphatic rings. The maximum absolute atomic E-state index is 12.3. The third kappa shape index (κ3) is 4.65. The van der Waals surface area contributed by atoms with Crippen LogP contribution in [0.15, 0.2) is 107 Å². The van der Waals surface area contributed by atoms with Crippen LogP contribution in [0.25, 0.3) is 10.8 Å². The average molecular weight is 381 g/mol. The highest BCUT2D eigenvalue weighted by Gasteiger charge is 2.09. The van der Waals surface area contributed by atoms with E-state index in [0.717, 1.165) is 22.1 Å². The van der Waals surface area contributed by atoms with Gasteiger partial charge in [-0.2, -0.15) is 5.11 Å². The van der Waals surface area contributed by atoms with E-state index in [1.165, 1.54) is 0 Å². The summed E-state index contributed by atoms with van der Waals surface area (Å²) in [6.45, 7) is -0.0617. The molecule has 0 fully saturated rings. The van der Waals surface area contributed by atoms with E-state index in [4.69, 9.17) is 4.74 Å². The van der Waals surface area contributed by atoms with Crippen molar-refractivity contribution >= 4 is 33.7 Å². The third-order valence-corrected chi connectivity index (χ3v) is 4.32. The minimum absolute atomic E-state index is 0.0617. The Kier molecular flexibility index (Phi) is 5.58. The lowest BCUT2D eigenvalue weighted by Crippen LogP contribution is -2.20. The fourth-order valence-corrected chi connectivity index (χ4v) is 2.94. The zero-order chi connectivity index (χ0) is 19.9. The number of carbonyl (C=O) groups excluding carboxylic acids is 1. The first-order valence-corrected chi connectivity index (χ1v) is 9.26. The highest BCUT2D eigenvalue weighted by molar-refractivity contribution is 6.06. The van der Waals surface area contributed by atoms with Gasteiger partial charge in [0.25, 0.3) is 5.91 Å². The number of ether oxygens (including phenoxy) is 1. The van der Waals surface area contributed by atoms with Crippen LogP contribution in [0.4, 0.5) is 17.1 Å². The van der Waals surface area contributed by atoms with Crippen molar-refractivity contribution < 1.29 is 9.53 Å². The lowest BCUT2D eigenvalue weighted by Gasteiger charge is -2.11. The zero-order valence-corrected chi connectivity index (χ0v) is 15.7. The fourth-order valence-electron chi connectivity index (χ4n) is 2.94. The van der Waals surface area contributed by atoms with Gasteiger partial charge in [-0.05, 0) is 36.4 Å². The Morgan fingerprint density at radius 3 is 2.14 bits per heavy atom. The number of anilines is 1. The number of azo groups is 1. The SMILES string of the molecule is O=C(COc1ccccc1)Nc1ccc(N=Nc2ccccc2)c2ccccc12. The van der Waals surface area contributed by atoms with Gasteiger partial charge in [-0.3, -0.25) is 4.79 Å². The lowest BCUT2D eigenvalue weighted by molar-refractivity contribution is -0.118. The average Bonchev–Trinajstić information content (AvgIpc) is 2.78. The van der Waals surface area contributed by atoms with Gasteiger partial charge in [-0.1, -0.05) is 60.7 Å². The molecule has 4 aromatic carbocycles. The van der Waals surface area contributed by atoms with E-state index < -0.39 is 0 Å². The number of nitrogens with zero attached hydrogens (tertiary/aromatic N) is 2. The molecule has 0 aliphatic heterocycles. The molecule has 0 spiro atoms. The molecule has 0 saturated carbocycles. The largest absolute Gasteiger partial charge is 0.484 e. The predicted octanol–water partition coefficient (Wildman–Crippen LogP) is 6.27. The summed E-state index contributed by atoms with van der Waals surface area (Å²) in [6, 6.07) is 30.3.